The SMILES string of the molecule is CCCC1=C(CCC)SCCS1. The van der Waals surface area contributed by atoms with Crippen molar-refractivity contribution in [2.45, 2.75) is 39.5 Å². The first-order chi connectivity index (χ1) is 5.88. The van der Waals surface area contributed by atoms with Crippen LogP contribution >= 0.6 is 23.5 Å². The Bertz CT molecular complexity index is 143. The Morgan fingerprint density at radius 3 is 1.67 bits per heavy atom. The molecule has 0 N–H and O–H groups in total. The second-order valence-corrected chi connectivity index (χ2v) is 5.42. The van der Waals surface area contributed by atoms with E-state index < -0.39 is 0 Å². The van der Waals surface area contributed by atoms with Gasteiger partial charge in [-0.3, -0.25) is 0 Å². The number of hydrogen-bond donors (Lipinski definition) is 0. The normalized spacial score (nSPS) is 18.5. The predicted molar refractivity (Wildman–Crippen MR) is 61.8 cm³/mol. The molecule has 2 heteroatoms. The highest BCUT2D eigenvalue weighted by Crippen LogP contribution is 2.38. The second-order valence-electron chi connectivity index (χ2n) is 3.04. The predicted octanol–water partition coefficient (Wildman–Crippen LogP) is 4.28. The number of thioether (sulfide) groups is 2. The van der Waals surface area contributed by atoms with Crippen molar-refractivity contribution in [3.8, 4) is 0 Å². The lowest BCUT2D eigenvalue weighted by Gasteiger charge is -2.18. The average molecular weight is 202 g/mol. The maximum Gasteiger partial charge on any atom is 0.00715 e. The van der Waals surface area contributed by atoms with Crippen molar-refractivity contribution < 1.29 is 0 Å². The van der Waals surface area contributed by atoms with Crippen molar-refractivity contribution in [2.75, 3.05) is 11.5 Å². The van der Waals surface area contributed by atoms with Gasteiger partial charge in [0.15, 0.2) is 0 Å². The van der Waals surface area contributed by atoms with Crippen molar-refractivity contribution in [2.24, 2.45) is 0 Å². The van der Waals surface area contributed by atoms with Gasteiger partial charge in [0.05, 0.1) is 0 Å². The van der Waals surface area contributed by atoms with Crippen molar-refractivity contribution >= 4 is 23.5 Å². The summed E-state index contributed by atoms with van der Waals surface area (Å²) in [5.74, 6) is 2.65. The minimum Gasteiger partial charge on any atom is -0.129 e. The Balaban J connectivity index is 2.55. The minimum absolute atomic E-state index is 1.30. The Labute approximate surface area is 84.6 Å². The summed E-state index contributed by atoms with van der Waals surface area (Å²) in [6, 6.07) is 0. The van der Waals surface area contributed by atoms with E-state index in [9.17, 15) is 0 Å². The molecule has 1 heterocycles. The van der Waals surface area contributed by atoms with Gasteiger partial charge in [-0.2, -0.15) is 0 Å². The van der Waals surface area contributed by atoms with Crippen LogP contribution in [0, 0.1) is 0 Å². The van der Waals surface area contributed by atoms with Crippen LogP contribution in [-0.4, -0.2) is 11.5 Å². The lowest BCUT2D eigenvalue weighted by atomic mass is 10.2. The molecule has 1 aliphatic heterocycles. The molecule has 0 amide bonds. The van der Waals surface area contributed by atoms with Crippen LogP contribution in [0.15, 0.2) is 9.81 Å². The highest BCUT2D eigenvalue weighted by molar-refractivity contribution is 8.09. The zero-order chi connectivity index (χ0) is 8.81. The molecular weight excluding hydrogens is 184 g/mol. The summed E-state index contributed by atoms with van der Waals surface area (Å²) in [5, 5.41) is 0. The Hall–Kier alpha value is 0.440. The van der Waals surface area contributed by atoms with Gasteiger partial charge < -0.3 is 0 Å². The summed E-state index contributed by atoms with van der Waals surface area (Å²) >= 11 is 4.19. The molecule has 12 heavy (non-hydrogen) atoms. The zero-order valence-corrected chi connectivity index (χ0v) is 9.69. The topological polar surface area (TPSA) is 0 Å². The van der Waals surface area contributed by atoms with E-state index in [1.54, 1.807) is 9.81 Å². The van der Waals surface area contributed by atoms with Crippen LogP contribution in [0.1, 0.15) is 39.5 Å². The second kappa shape index (κ2) is 5.98. The van der Waals surface area contributed by atoms with Gasteiger partial charge in [0, 0.05) is 11.5 Å². The van der Waals surface area contributed by atoms with E-state index >= 15 is 0 Å². The third-order valence-corrected chi connectivity index (χ3v) is 4.70. The molecule has 0 radical (unpaired) electrons. The molecule has 0 bridgehead atoms. The Kier molecular flexibility index (Phi) is 5.24. The molecule has 0 unspecified atom stereocenters. The average Bonchev–Trinajstić information content (AvgIpc) is 2.09. The van der Waals surface area contributed by atoms with Crippen LogP contribution in [0.2, 0.25) is 0 Å². The number of rotatable bonds is 4. The van der Waals surface area contributed by atoms with Crippen LogP contribution in [0.3, 0.4) is 0 Å². The fourth-order valence-electron chi connectivity index (χ4n) is 1.37. The van der Waals surface area contributed by atoms with E-state index in [0.29, 0.717) is 0 Å². The van der Waals surface area contributed by atoms with Crippen molar-refractivity contribution in [1.29, 1.82) is 0 Å². The lowest BCUT2D eigenvalue weighted by molar-refractivity contribution is 0.901. The van der Waals surface area contributed by atoms with Crippen molar-refractivity contribution in [1.82, 2.24) is 0 Å². The van der Waals surface area contributed by atoms with Gasteiger partial charge in [0.1, 0.15) is 0 Å². The van der Waals surface area contributed by atoms with Crippen LogP contribution < -0.4 is 0 Å². The number of hydrogen-bond acceptors (Lipinski definition) is 2. The molecule has 0 atom stereocenters. The summed E-state index contributed by atoms with van der Waals surface area (Å²) in [6.45, 7) is 4.55. The first kappa shape index (κ1) is 10.5. The van der Waals surface area contributed by atoms with E-state index in [-0.39, 0.29) is 0 Å². The van der Waals surface area contributed by atoms with Gasteiger partial charge in [-0.05, 0) is 22.7 Å². The highest BCUT2D eigenvalue weighted by atomic mass is 32.2. The quantitative estimate of drug-likeness (QED) is 0.667. The van der Waals surface area contributed by atoms with E-state index in [1.165, 1.54) is 37.2 Å². The summed E-state index contributed by atoms with van der Waals surface area (Å²) in [6.07, 6.45) is 5.23. The van der Waals surface area contributed by atoms with Crippen LogP contribution in [0.4, 0.5) is 0 Å². The van der Waals surface area contributed by atoms with Gasteiger partial charge in [-0.25, -0.2) is 0 Å². The van der Waals surface area contributed by atoms with Gasteiger partial charge in [-0.15, -0.1) is 23.5 Å². The highest BCUT2D eigenvalue weighted by Gasteiger charge is 2.11. The minimum atomic E-state index is 1.30. The molecule has 0 aromatic rings. The van der Waals surface area contributed by atoms with Crippen molar-refractivity contribution in [3.05, 3.63) is 9.81 Å². The molecule has 0 saturated carbocycles. The molecule has 0 nitrogen and oxygen atoms in total. The molecule has 1 rings (SSSR count). The first-order valence-electron chi connectivity index (χ1n) is 4.86. The molecule has 0 aliphatic carbocycles. The summed E-state index contributed by atoms with van der Waals surface area (Å²) in [4.78, 5) is 3.38. The van der Waals surface area contributed by atoms with E-state index in [1.807, 2.05) is 0 Å². The van der Waals surface area contributed by atoms with Crippen LogP contribution in [0.5, 0.6) is 0 Å². The van der Waals surface area contributed by atoms with Gasteiger partial charge in [0.25, 0.3) is 0 Å². The monoisotopic (exact) mass is 202 g/mol. The molecule has 0 spiro atoms. The summed E-state index contributed by atoms with van der Waals surface area (Å²) in [5.41, 5.74) is 0. The summed E-state index contributed by atoms with van der Waals surface area (Å²) in [7, 11) is 0. The maximum absolute atomic E-state index is 2.27. The maximum atomic E-state index is 2.27. The largest absolute Gasteiger partial charge is 0.129 e. The lowest BCUT2D eigenvalue weighted by Crippen LogP contribution is -1.97. The number of allylic oxidation sites excluding steroid dienone is 2. The zero-order valence-electron chi connectivity index (χ0n) is 8.06. The fraction of sp³-hybridized carbons (Fsp3) is 0.800. The molecule has 0 fully saturated rings. The van der Waals surface area contributed by atoms with E-state index in [2.05, 4.69) is 37.4 Å². The molecule has 0 saturated heterocycles. The Morgan fingerprint density at radius 1 is 0.917 bits per heavy atom. The molecule has 0 aromatic heterocycles. The third kappa shape index (κ3) is 3.06. The fourth-order valence-corrected chi connectivity index (χ4v) is 4.10. The van der Waals surface area contributed by atoms with Crippen LogP contribution in [-0.2, 0) is 0 Å². The molecule has 70 valence electrons. The standard InChI is InChI=1S/C10H18S2/c1-3-5-9-10(6-4-2)12-8-7-11-9/h3-8H2,1-2H3. The molecular formula is C10H18S2. The smallest absolute Gasteiger partial charge is 0.00715 e. The van der Waals surface area contributed by atoms with Gasteiger partial charge in [-0.1, -0.05) is 26.7 Å². The van der Waals surface area contributed by atoms with E-state index in [0.717, 1.165) is 0 Å². The van der Waals surface area contributed by atoms with Crippen LogP contribution in [0.25, 0.3) is 0 Å². The molecule has 1 aliphatic rings. The van der Waals surface area contributed by atoms with Gasteiger partial charge >= 0.3 is 0 Å². The summed E-state index contributed by atoms with van der Waals surface area (Å²) < 4.78 is 0. The Morgan fingerprint density at radius 2 is 1.33 bits per heavy atom. The molecule has 0 aromatic carbocycles. The van der Waals surface area contributed by atoms with E-state index in [4.69, 9.17) is 0 Å². The third-order valence-electron chi connectivity index (χ3n) is 1.90. The van der Waals surface area contributed by atoms with Gasteiger partial charge in [0.2, 0.25) is 0 Å². The van der Waals surface area contributed by atoms with Crippen molar-refractivity contribution in [3.63, 3.8) is 0 Å². The first-order valence-corrected chi connectivity index (χ1v) is 6.83.